The van der Waals surface area contributed by atoms with Crippen LogP contribution in [0.25, 0.3) is 11.0 Å². The zero-order valence-corrected chi connectivity index (χ0v) is 13.9. The van der Waals surface area contributed by atoms with Crippen molar-refractivity contribution in [2.24, 2.45) is 0 Å². The Balaban J connectivity index is 1.59. The van der Waals surface area contributed by atoms with Crippen molar-refractivity contribution in [3.63, 3.8) is 0 Å². The number of imidazole rings is 1. The highest BCUT2D eigenvalue weighted by Crippen LogP contribution is 2.32. The van der Waals surface area contributed by atoms with Gasteiger partial charge in [0.05, 0.1) is 24.2 Å². The summed E-state index contributed by atoms with van der Waals surface area (Å²) in [4.78, 5) is 25.2. The predicted octanol–water partition coefficient (Wildman–Crippen LogP) is 2.74. The Morgan fingerprint density at radius 2 is 2.28 bits per heavy atom. The molecule has 4 rings (SSSR count). The third-order valence-electron chi connectivity index (χ3n) is 4.67. The van der Waals surface area contributed by atoms with Gasteiger partial charge in [0.15, 0.2) is 5.75 Å². The van der Waals surface area contributed by atoms with Crippen LogP contribution in [-0.4, -0.2) is 33.5 Å². The summed E-state index contributed by atoms with van der Waals surface area (Å²) in [5, 5.41) is 0. The SMILES string of the molecule is COc1c[nH]c(CN2CCC[C@H]2c2nc3ccc(F)cc3[nH]2)cc1=O. The molecule has 130 valence electrons. The van der Waals surface area contributed by atoms with E-state index in [4.69, 9.17) is 4.74 Å². The fourth-order valence-corrected chi connectivity index (χ4v) is 3.45. The molecule has 0 unspecified atom stereocenters. The molecule has 1 fully saturated rings. The maximum absolute atomic E-state index is 13.4. The lowest BCUT2D eigenvalue weighted by Crippen LogP contribution is -2.24. The van der Waals surface area contributed by atoms with Gasteiger partial charge in [-0.1, -0.05) is 0 Å². The van der Waals surface area contributed by atoms with E-state index in [0.29, 0.717) is 17.8 Å². The molecule has 2 N–H and O–H groups in total. The number of fused-ring (bicyclic) bond motifs is 1. The zero-order chi connectivity index (χ0) is 17.4. The van der Waals surface area contributed by atoms with E-state index in [1.807, 2.05) is 0 Å². The molecule has 2 aromatic heterocycles. The Bertz CT molecular complexity index is 965. The molecule has 0 radical (unpaired) electrons. The number of benzene rings is 1. The summed E-state index contributed by atoms with van der Waals surface area (Å²) in [5.74, 6) is 0.872. The highest BCUT2D eigenvalue weighted by Gasteiger charge is 2.28. The Kier molecular flexibility index (Phi) is 4.01. The molecular formula is C18H19FN4O2. The number of aromatic nitrogens is 3. The van der Waals surface area contributed by atoms with E-state index in [-0.39, 0.29) is 17.3 Å². The van der Waals surface area contributed by atoms with Gasteiger partial charge in [0, 0.05) is 24.5 Å². The molecule has 1 saturated heterocycles. The van der Waals surface area contributed by atoms with Gasteiger partial charge in [-0.05, 0) is 37.6 Å². The minimum atomic E-state index is -0.276. The highest BCUT2D eigenvalue weighted by molar-refractivity contribution is 5.75. The van der Waals surface area contributed by atoms with Crippen molar-refractivity contribution in [2.45, 2.75) is 25.4 Å². The lowest BCUT2D eigenvalue weighted by molar-refractivity contribution is 0.238. The smallest absolute Gasteiger partial charge is 0.223 e. The normalized spacial score (nSPS) is 18.1. The van der Waals surface area contributed by atoms with Gasteiger partial charge in [-0.2, -0.15) is 0 Å². The average Bonchev–Trinajstić information content (AvgIpc) is 3.20. The Morgan fingerprint density at radius 1 is 1.40 bits per heavy atom. The van der Waals surface area contributed by atoms with E-state index in [2.05, 4.69) is 19.9 Å². The molecule has 1 atom stereocenters. The van der Waals surface area contributed by atoms with Gasteiger partial charge in [-0.25, -0.2) is 9.37 Å². The molecule has 25 heavy (non-hydrogen) atoms. The van der Waals surface area contributed by atoms with Crippen molar-refractivity contribution in [2.75, 3.05) is 13.7 Å². The molecule has 1 aliphatic rings. The lowest BCUT2D eigenvalue weighted by atomic mass is 10.2. The van der Waals surface area contributed by atoms with Crippen molar-refractivity contribution >= 4 is 11.0 Å². The van der Waals surface area contributed by atoms with Gasteiger partial charge < -0.3 is 14.7 Å². The number of likely N-dealkylation sites (tertiary alicyclic amines) is 1. The standard InChI is InChI=1S/C18H19FN4O2/c1-25-17-9-20-12(8-16(17)24)10-23-6-2-3-15(23)18-21-13-5-4-11(19)7-14(13)22-18/h4-5,7-9,15H,2-3,6,10H2,1H3,(H,20,24)(H,21,22)/t15-/m0/s1. The fraction of sp³-hybridized carbons (Fsp3) is 0.333. The van der Waals surface area contributed by atoms with Crippen LogP contribution in [0.3, 0.4) is 0 Å². The van der Waals surface area contributed by atoms with Gasteiger partial charge >= 0.3 is 0 Å². The van der Waals surface area contributed by atoms with E-state index in [0.717, 1.165) is 36.4 Å². The summed E-state index contributed by atoms with van der Waals surface area (Å²) in [5.41, 5.74) is 2.17. The number of nitrogens with zero attached hydrogens (tertiary/aromatic N) is 2. The third-order valence-corrected chi connectivity index (χ3v) is 4.67. The number of pyridine rings is 1. The van der Waals surface area contributed by atoms with Crippen LogP contribution >= 0.6 is 0 Å². The second-order valence-electron chi connectivity index (χ2n) is 6.30. The summed E-state index contributed by atoms with van der Waals surface area (Å²) in [6.45, 7) is 1.54. The lowest BCUT2D eigenvalue weighted by Gasteiger charge is -2.22. The molecule has 0 spiro atoms. The number of nitrogens with one attached hydrogen (secondary N) is 2. The first-order chi connectivity index (χ1) is 12.1. The van der Waals surface area contributed by atoms with Crippen molar-refractivity contribution in [1.29, 1.82) is 0 Å². The number of halogens is 1. The number of H-pyrrole nitrogens is 2. The van der Waals surface area contributed by atoms with Crippen LogP contribution < -0.4 is 10.2 Å². The molecule has 0 bridgehead atoms. The average molecular weight is 342 g/mol. The maximum Gasteiger partial charge on any atom is 0.223 e. The predicted molar refractivity (Wildman–Crippen MR) is 92.1 cm³/mol. The van der Waals surface area contributed by atoms with E-state index >= 15 is 0 Å². The summed E-state index contributed by atoms with van der Waals surface area (Å²) < 4.78 is 18.4. The van der Waals surface area contributed by atoms with E-state index in [9.17, 15) is 9.18 Å². The first kappa shape index (κ1) is 15.8. The Morgan fingerprint density at radius 3 is 3.08 bits per heavy atom. The quantitative estimate of drug-likeness (QED) is 0.765. The van der Waals surface area contributed by atoms with E-state index in [1.165, 1.54) is 19.2 Å². The summed E-state index contributed by atoms with van der Waals surface area (Å²) in [6, 6.07) is 6.27. The van der Waals surface area contributed by atoms with Crippen LogP contribution in [0.5, 0.6) is 5.75 Å². The molecule has 1 aromatic carbocycles. The van der Waals surface area contributed by atoms with Gasteiger partial charge in [0.1, 0.15) is 11.6 Å². The second-order valence-corrected chi connectivity index (χ2v) is 6.30. The number of hydrogen-bond acceptors (Lipinski definition) is 4. The molecule has 0 amide bonds. The second kappa shape index (κ2) is 6.33. The number of hydrogen-bond donors (Lipinski definition) is 2. The Hall–Kier alpha value is -2.67. The van der Waals surface area contributed by atoms with Crippen LogP contribution in [-0.2, 0) is 6.54 Å². The summed E-state index contributed by atoms with van der Waals surface area (Å²) in [7, 11) is 1.48. The zero-order valence-electron chi connectivity index (χ0n) is 13.9. The van der Waals surface area contributed by atoms with Crippen molar-refractivity contribution in [1.82, 2.24) is 19.9 Å². The van der Waals surface area contributed by atoms with Gasteiger partial charge in [0.2, 0.25) is 5.43 Å². The Labute approximate surface area is 143 Å². The van der Waals surface area contributed by atoms with Crippen LogP contribution in [0, 0.1) is 5.82 Å². The molecule has 7 heteroatoms. The topological polar surface area (TPSA) is 74.0 Å². The molecular weight excluding hydrogens is 323 g/mol. The first-order valence-corrected chi connectivity index (χ1v) is 8.29. The molecule has 6 nitrogen and oxygen atoms in total. The number of aromatic amines is 2. The van der Waals surface area contributed by atoms with Gasteiger partial charge in [-0.3, -0.25) is 9.69 Å². The molecule has 3 aromatic rings. The molecule has 3 heterocycles. The minimum absolute atomic E-state index is 0.126. The molecule has 0 saturated carbocycles. The van der Waals surface area contributed by atoms with Crippen LogP contribution in [0.4, 0.5) is 4.39 Å². The van der Waals surface area contributed by atoms with Crippen LogP contribution in [0.1, 0.15) is 30.4 Å². The maximum atomic E-state index is 13.4. The van der Waals surface area contributed by atoms with E-state index in [1.54, 1.807) is 18.3 Å². The monoisotopic (exact) mass is 342 g/mol. The van der Waals surface area contributed by atoms with Gasteiger partial charge in [-0.15, -0.1) is 0 Å². The fourth-order valence-electron chi connectivity index (χ4n) is 3.45. The minimum Gasteiger partial charge on any atom is -0.491 e. The van der Waals surface area contributed by atoms with E-state index < -0.39 is 0 Å². The number of methoxy groups -OCH3 is 1. The van der Waals surface area contributed by atoms with Crippen molar-refractivity contribution in [3.8, 4) is 5.75 Å². The summed E-state index contributed by atoms with van der Waals surface area (Å²) in [6.07, 6.45) is 3.62. The van der Waals surface area contributed by atoms with Crippen molar-refractivity contribution < 1.29 is 9.13 Å². The number of rotatable bonds is 4. The highest BCUT2D eigenvalue weighted by atomic mass is 19.1. The van der Waals surface area contributed by atoms with Crippen LogP contribution in [0.15, 0.2) is 35.3 Å². The van der Waals surface area contributed by atoms with Crippen molar-refractivity contribution in [3.05, 3.63) is 58.0 Å². The first-order valence-electron chi connectivity index (χ1n) is 8.29. The largest absolute Gasteiger partial charge is 0.491 e. The molecule has 1 aliphatic heterocycles. The van der Waals surface area contributed by atoms with Crippen LogP contribution in [0.2, 0.25) is 0 Å². The summed E-state index contributed by atoms with van der Waals surface area (Å²) >= 11 is 0. The number of ether oxygens (including phenoxy) is 1. The molecule has 0 aliphatic carbocycles. The third kappa shape index (κ3) is 3.02. The van der Waals surface area contributed by atoms with Gasteiger partial charge in [0.25, 0.3) is 0 Å².